The predicted molar refractivity (Wildman–Crippen MR) is 145 cm³/mol. The highest BCUT2D eigenvalue weighted by atomic mass is 19.1. The SMILES string of the molecule is Cc1noc(C)c1-c1cnc2c3ccc(C(C)(C)O)cc3n(C(c3cc(F)cc(F)c3)C3CCOCC3)c2c1. The van der Waals surface area contributed by atoms with Crippen molar-refractivity contribution in [2.75, 3.05) is 13.2 Å². The van der Waals surface area contributed by atoms with E-state index in [1.165, 1.54) is 12.1 Å². The summed E-state index contributed by atoms with van der Waals surface area (Å²) >= 11 is 0. The van der Waals surface area contributed by atoms with Crippen molar-refractivity contribution in [2.45, 2.75) is 52.2 Å². The number of aromatic nitrogens is 3. The van der Waals surface area contributed by atoms with Crippen LogP contribution in [0.1, 0.15) is 55.3 Å². The number of nitrogens with zero attached hydrogens (tertiary/aromatic N) is 3. The first-order chi connectivity index (χ1) is 18.6. The van der Waals surface area contributed by atoms with Crippen LogP contribution in [0.4, 0.5) is 8.78 Å². The van der Waals surface area contributed by atoms with E-state index < -0.39 is 23.3 Å². The lowest BCUT2D eigenvalue weighted by molar-refractivity contribution is 0.0552. The van der Waals surface area contributed by atoms with Crippen molar-refractivity contribution in [2.24, 2.45) is 5.92 Å². The third-order valence-corrected chi connectivity index (χ3v) is 7.89. The third-order valence-electron chi connectivity index (χ3n) is 7.89. The monoisotopic (exact) mass is 531 g/mol. The van der Waals surface area contributed by atoms with E-state index in [0.717, 1.165) is 63.2 Å². The molecule has 4 heterocycles. The fraction of sp³-hybridized carbons (Fsp3) is 0.355. The van der Waals surface area contributed by atoms with E-state index in [1.807, 2.05) is 38.2 Å². The average Bonchev–Trinajstić information content (AvgIpc) is 3.39. The first-order valence-electron chi connectivity index (χ1n) is 13.3. The maximum atomic E-state index is 14.6. The van der Waals surface area contributed by atoms with Gasteiger partial charge >= 0.3 is 0 Å². The smallest absolute Gasteiger partial charge is 0.141 e. The van der Waals surface area contributed by atoms with Crippen LogP contribution in [0.25, 0.3) is 33.1 Å². The number of fused-ring (bicyclic) bond motifs is 3. The lowest BCUT2D eigenvalue weighted by Gasteiger charge is -2.33. The Hall–Kier alpha value is -3.62. The summed E-state index contributed by atoms with van der Waals surface area (Å²) in [6.45, 7) is 8.40. The van der Waals surface area contributed by atoms with Crippen LogP contribution >= 0.6 is 0 Å². The molecule has 1 fully saturated rings. The Balaban J connectivity index is 1.71. The summed E-state index contributed by atoms with van der Waals surface area (Å²) in [5, 5.41) is 15.9. The molecule has 1 saturated heterocycles. The topological polar surface area (TPSA) is 73.3 Å². The predicted octanol–water partition coefficient (Wildman–Crippen LogP) is 6.98. The van der Waals surface area contributed by atoms with Gasteiger partial charge in [-0.25, -0.2) is 8.78 Å². The van der Waals surface area contributed by atoms with Crippen LogP contribution in [0.3, 0.4) is 0 Å². The largest absolute Gasteiger partial charge is 0.386 e. The van der Waals surface area contributed by atoms with Gasteiger partial charge < -0.3 is 18.9 Å². The minimum absolute atomic E-state index is 0.0623. The highest BCUT2D eigenvalue weighted by Crippen LogP contribution is 2.42. The fourth-order valence-corrected chi connectivity index (χ4v) is 6.03. The minimum atomic E-state index is -1.08. The zero-order valence-corrected chi connectivity index (χ0v) is 22.5. The van der Waals surface area contributed by atoms with Crippen molar-refractivity contribution in [3.05, 3.63) is 82.9 Å². The molecule has 2 aromatic carbocycles. The van der Waals surface area contributed by atoms with Gasteiger partial charge in [0, 0.05) is 42.0 Å². The minimum Gasteiger partial charge on any atom is -0.386 e. The summed E-state index contributed by atoms with van der Waals surface area (Å²) in [4.78, 5) is 4.89. The molecule has 0 saturated carbocycles. The number of hydrogen-bond acceptors (Lipinski definition) is 5. The molecule has 1 unspecified atom stereocenters. The maximum Gasteiger partial charge on any atom is 0.141 e. The van der Waals surface area contributed by atoms with Crippen molar-refractivity contribution in [3.63, 3.8) is 0 Å². The number of ether oxygens (including phenoxy) is 1. The molecule has 39 heavy (non-hydrogen) atoms. The second-order valence-corrected chi connectivity index (χ2v) is 11.0. The Morgan fingerprint density at radius 3 is 2.36 bits per heavy atom. The molecule has 6 rings (SSSR count). The Bertz CT molecular complexity index is 1650. The van der Waals surface area contributed by atoms with E-state index in [1.54, 1.807) is 13.8 Å². The number of aliphatic hydroxyl groups is 1. The van der Waals surface area contributed by atoms with Crippen LogP contribution in [0, 0.1) is 31.4 Å². The maximum absolute atomic E-state index is 14.6. The molecule has 1 aliphatic rings. The summed E-state index contributed by atoms with van der Waals surface area (Å²) in [6.07, 6.45) is 3.30. The molecule has 0 amide bonds. The molecule has 0 bridgehead atoms. The van der Waals surface area contributed by atoms with Crippen LogP contribution in [0.15, 0.2) is 53.2 Å². The number of aryl methyl sites for hydroxylation is 2. The van der Waals surface area contributed by atoms with E-state index in [-0.39, 0.29) is 5.92 Å². The van der Waals surface area contributed by atoms with Crippen LogP contribution in [0.5, 0.6) is 0 Å². The molecular formula is C31H31F2N3O3. The highest BCUT2D eigenvalue weighted by Gasteiger charge is 2.32. The first kappa shape index (κ1) is 25.6. The third kappa shape index (κ3) is 4.51. The van der Waals surface area contributed by atoms with E-state index in [4.69, 9.17) is 14.2 Å². The van der Waals surface area contributed by atoms with Gasteiger partial charge in [0.1, 0.15) is 17.4 Å². The van der Waals surface area contributed by atoms with Crippen molar-refractivity contribution in [3.8, 4) is 11.1 Å². The fourth-order valence-electron chi connectivity index (χ4n) is 6.03. The van der Waals surface area contributed by atoms with Gasteiger partial charge in [-0.15, -0.1) is 0 Å². The summed E-state index contributed by atoms with van der Waals surface area (Å²) in [7, 11) is 0. The lowest BCUT2D eigenvalue weighted by Crippen LogP contribution is -2.27. The zero-order valence-electron chi connectivity index (χ0n) is 22.5. The molecule has 5 aromatic rings. The van der Waals surface area contributed by atoms with Gasteiger partial charge in [-0.3, -0.25) is 4.98 Å². The van der Waals surface area contributed by atoms with Gasteiger partial charge in [0.25, 0.3) is 0 Å². The van der Waals surface area contributed by atoms with Gasteiger partial charge in [-0.1, -0.05) is 17.3 Å². The van der Waals surface area contributed by atoms with Gasteiger partial charge in [-0.2, -0.15) is 0 Å². The molecule has 8 heteroatoms. The Kier molecular flexibility index (Phi) is 6.27. The zero-order chi connectivity index (χ0) is 27.5. The number of halogens is 2. The van der Waals surface area contributed by atoms with Crippen LogP contribution in [-0.2, 0) is 10.3 Å². The highest BCUT2D eigenvalue weighted by molar-refractivity contribution is 6.07. The van der Waals surface area contributed by atoms with Gasteiger partial charge in [-0.05, 0) is 81.8 Å². The Morgan fingerprint density at radius 1 is 1.00 bits per heavy atom. The molecule has 3 aromatic heterocycles. The summed E-state index contributed by atoms with van der Waals surface area (Å²) < 4.78 is 42.5. The van der Waals surface area contributed by atoms with Gasteiger partial charge in [0.15, 0.2) is 0 Å². The Morgan fingerprint density at radius 2 is 1.72 bits per heavy atom. The Labute approximate surface area is 225 Å². The molecule has 1 atom stereocenters. The van der Waals surface area contributed by atoms with E-state index in [0.29, 0.717) is 24.5 Å². The molecule has 202 valence electrons. The number of rotatable bonds is 5. The number of hydrogen-bond donors (Lipinski definition) is 1. The van der Waals surface area contributed by atoms with Crippen LogP contribution in [0.2, 0.25) is 0 Å². The molecule has 0 aliphatic carbocycles. The molecule has 1 N–H and O–H groups in total. The number of benzene rings is 2. The molecular weight excluding hydrogens is 500 g/mol. The summed E-state index contributed by atoms with van der Waals surface area (Å²) in [6, 6.07) is 11.3. The van der Waals surface area contributed by atoms with Crippen molar-refractivity contribution >= 4 is 21.9 Å². The molecule has 6 nitrogen and oxygen atoms in total. The van der Waals surface area contributed by atoms with E-state index in [9.17, 15) is 13.9 Å². The van der Waals surface area contributed by atoms with Gasteiger partial charge in [0.05, 0.1) is 33.9 Å². The lowest BCUT2D eigenvalue weighted by atomic mass is 9.86. The molecule has 0 radical (unpaired) electrons. The number of pyridine rings is 1. The average molecular weight is 532 g/mol. The normalized spacial score (nSPS) is 15.9. The molecule has 1 aliphatic heterocycles. The van der Waals surface area contributed by atoms with Crippen molar-refractivity contribution in [1.82, 2.24) is 14.7 Å². The first-order valence-corrected chi connectivity index (χ1v) is 13.3. The van der Waals surface area contributed by atoms with Crippen LogP contribution in [-0.4, -0.2) is 33.0 Å². The van der Waals surface area contributed by atoms with Crippen LogP contribution < -0.4 is 0 Å². The molecule has 0 spiro atoms. The van der Waals surface area contributed by atoms with Crippen molar-refractivity contribution in [1.29, 1.82) is 0 Å². The quantitative estimate of drug-likeness (QED) is 0.265. The standard InChI is InChI=1S/C31H31F2N3O3/c1-17-28(18(2)39-35-17)21-13-27-29(34-16-21)25-6-5-22(31(3,4)37)14-26(25)36(27)30(19-7-9-38-10-8-19)20-11-23(32)15-24(33)12-20/h5-6,11-16,19,30,37H,7-10H2,1-4H3. The summed E-state index contributed by atoms with van der Waals surface area (Å²) in [5.41, 5.74) is 5.13. The van der Waals surface area contributed by atoms with E-state index >= 15 is 0 Å². The van der Waals surface area contributed by atoms with E-state index in [2.05, 4.69) is 15.8 Å². The second-order valence-electron chi connectivity index (χ2n) is 11.0. The van der Waals surface area contributed by atoms with Gasteiger partial charge in [0.2, 0.25) is 0 Å². The second kappa shape index (κ2) is 9.54. The summed E-state index contributed by atoms with van der Waals surface area (Å²) in [5.74, 6) is -0.481. The van der Waals surface area contributed by atoms with Crippen molar-refractivity contribution < 1.29 is 23.1 Å².